The van der Waals surface area contributed by atoms with Gasteiger partial charge in [0.25, 0.3) is 5.91 Å². The fourth-order valence-electron chi connectivity index (χ4n) is 3.07. The number of imide groups is 1. The molecule has 2 heterocycles. The van der Waals surface area contributed by atoms with Gasteiger partial charge in [0.1, 0.15) is 5.71 Å². The fourth-order valence-corrected chi connectivity index (χ4v) is 3.07. The Balaban J connectivity index is 2.02. The van der Waals surface area contributed by atoms with Gasteiger partial charge in [-0.3, -0.25) is 14.4 Å². The van der Waals surface area contributed by atoms with Crippen molar-refractivity contribution in [2.24, 2.45) is 5.10 Å². The topological polar surface area (TPSA) is 96.3 Å². The standard InChI is InChI=1S/C16H15N3O5/c1-10(20)19-16(8-12(17-19)14(22)24-2)9-13(21)18(15(16)23)11-6-4-3-5-7-11/h3-7H,8-9H2,1-2H3/t16-/m1/s1. The minimum absolute atomic E-state index is 0.0521. The van der Waals surface area contributed by atoms with Gasteiger partial charge in [-0.2, -0.15) is 5.10 Å². The molecule has 0 N–H and O–H groups in total. The van der Waals surface area contributed by atoms with E-state index < -0.39 is 29.2 Å². The second-order valence-corrected chi connectivity index (χ2v) is 5.62. The Morgan fingerprint density at radius 1 is 1.17 bits per heavy atom. The van der Waals surface area contributed by atoms with Crippen LogP contribution >= 0.6 is 0 Å². The largest absolute Gasteiger partial charge is 0.464 e. The van der Waals surface area contributed by atoms with Gasteiger partial charge >= 0.3 is 5.97 Å². The first-order valence-electron chi connectivity index (χ1n) is 7.30. The molecule has 1 spiro atoms. The van der Waals surface area contributed by atoms with Gasteiger partial charge in [0.2, 0.25) is 11.8 Å². The maximum absolute atomic E-state index is 13.0. The molecule has 1 atom stereocenters. The molecule has 24 heavy (non-hydrogen) atoms. The minimum atomic E-state index is -1.50. The minimum Gasteiger partial charge on any atom is -0.464 e. The highest BCUT2D eigenvalue weighted by Gasteiger charge is 2.61. The van der Waals surface area contributed by atoms with Crippen LogP contribution in [-0.2, 0) is 23.9 Å². The number of hydrogen-bond acceptors (Lipinski definition) is 6. The average Bonchev–Trinajstić information content (AvgIpc) is 3.06. The first kappa shape index (κ1) is 15.9. The number of ether oxygens (including phenoxy) is 1. The number of anilines is 1. The normalized spacial score (nSPS) is 23.0. The lowest BCUT2D eigenvalue weighted by molar-refractivity contribution is -0.141. The second kappa shape index (κ2) is 5.55. The van der Waals surface area contributed by atoms with E-state index >= 15 is 0 Å². The Morgan fingerprint density at radius 3 is 2.42 bits per heavy atom. The zero-order valence-corrected chi connectivity index (χ0v) is 13.2. The van der Waals surface area contributed by atoms with Gasteiger partial charge in [-0.15, -0.1) is 0 Å². The van der Waals surface area contributed by atoms with E-state index in [4.69, 9.17) is 0 Å². The van der Waals surface area contributed by atoms with Crippen molar-refractivity contribution in [2.75, 3.05) is 12.0 Å². The SMILES string of the molecule is COC(=O)C1=NN(C(C)=O)[C@@]2(CC(=O)N(c3ccccc3)C2=O)C1. The molecule has 0 saturated carbocycles. The Kier molecular flexibility index (Phi) is 3.67. The highest BCUT2D eigenvalue weighted by atomic mass is 16.5. The predicted molar refractivity (Wildman–Crippen MR) is 82.9 cm³/mol. The van der Waals surface area contributed by atoms with E-state index in [0.717, 1.165) is 9.91 Å². The number of rotatable bonds is 2. The third kappa shape index (κ3) is 2.18. The predicted octanol–water partition coefficient (Wildman–Crippen LogP) is 0.470. The molecule has 0 radical (unpaired) electrons. The van der Waals surface area contributed by atoms with Gasteiger partial charge in [-0.25, -0.2) is 14.7 Å². The molecular formula is C16H15N3O5. The lowest BCUT2D eigenvalue weighted by atomic mass is 9.91. The molecule has 0 aromatic heterocycles. The van der Waals surface area contributed by atoms with E-state index in [2.05, 4.69) is 9.84 Å². The first-order chi connectivity index (χ1) is 11.4. The van der Waals surface area contributed by atoms with Crippen molar-refractivity contribution < 1.29 is 23.9 Å². The van der Waals surface area contributed by atoms with Gasteiger partial charge in [0.15, 0.2) is 5.54 Å². The molecule has 1 saturated heterocycles. The number of amides is 3. The molecular weight excluding hydrogens is 314 g/mol. The summed E-state index contributed by atoms with van der Waals surface area (Å²) in [6.45, 7) is 1.23. The first-order valence-corrected chi connectivity index (χ1v) is 7.30. The smallest absolute Gasteiger partial charge is 0.354 e. The van der Waals surface area contributed by atoms with Gasteiger partial charge in [-0.05, 0) is 12.1 Å². The highest BCUT2D eigenvalue weighted by molar-refractivity contribution is 6.39. The molecule has 1 aromatic carbocycles. The van der Waals surface area contributed by atoms with Crippen molar-refractivity contribution in [3.63, 3.8) is 0 Å². The summed E-state index contributed by atoms with van der Waals surface area (Å²) in [5.41, 5.74) is -1.13. The lowest BCUT2D eigenvalue weighted by Gasteiger charge is -2.28. The number of nitrogens with zero attached hydrogens (tertiary/aromatic N) is 3. The third-order valence-corrected chi connectivity index (χ3v) is 4.11. The Hall–Kier alpha value is -3.03. The number of hydrazone groups is 1. The van der Waals surface area contributed by atoms with E-state index in [1.807, 2.05) is 0 Å². The Morgan fingerprint density at radius 2 is 1.83 bits per heavy atom. The van der Waals surface area contributed by atoms with Crippen molar-refractivity contribution in [2.45, 2.75) is 25.3 Å². The molecule has 0 bridgehead atoms. The molecule has 8 heteroatoms. The molecule has 8 nitrogen and oxygen atoms in total. The van der Waals surface area contributed by atoms with Crippen LogP contribution in [0.5, 0.6) is 0 Å². The van der Waals surface area contributed by atoms with E-state index in [9.17, 15) is 19.2 Å². The molecule has 2 aliphatic heterocycles. The summed E-state index contributed by atoms with van der Waals surface area (Å²) in [7, 11) is 1.19. The van der Waals surface area contributed by atoms with E-state index in [0.29, 0.717) is 5.69 Å². The lowest BCUT2D eigenvalue weighted by Crippen LogP contribution is -2.51. The molecule has 3 rings (SSSR count). The van der Waals surface area contributed by atoms with Crippen molar-refractivity contribution in [3.8, 4) is 0 Å². The van der Waals surface area contributed by atoms with Crippen LogP contribution in [-0.4, -0.2) is 47.1 Å². The van der Waals surface area contributed by atoms with Crippen LogP contribution in [0.2, 0.25) is 0 Å². The Labute approximate surface area is 137 Å². The fraction of sp³-hybridized carbons (Fsp3) is 0.312. The van der Waals surface area contributed by atoms with Crippen molar-refractivity contribution >= 4 is 35.1 Å². The van der Waals surface area contributed by atoms with Crippen LogP contribution in [0.3, 0.4) is 0 Å². The van der Waals surface area contributed by atoms with E-state index in [1.165, 1.54) is 14.0 Å². The molecule has 0 unspecified atom stereocenters. The Bertz CT molecular complexity index is 773. The zero-order valence-electron chi connectivity index (χ0n) is 13.2. The molecule has 124 valence electrons. The van der Waals surface area contributed by atoms with E-state index in [-0.39, 0.29) is 18.6 Å². The second-order valence-electron chi connectivity index (χ2n) is 5.62. The maximum atomic E-state index is 13.0. The van der Waals surface area contributed by atoms with Crippen LogP contribution in [0.15, 0.2) is 35.4 Å². The van der Waals surface area contributed by atoms with Crippen molar-refractivity contribution in [1.82, 2.24) is 5.01 Å². The van der Waals surface area contributed by atoms with Gasteiger partial charge in [-0.1, -0.05) is 18.2 Å². The summed E-state index contributed by atoms with van der Waals surface area (Å²) < 4.78 is 4.62. The van der Waals surface area contributed by atoms with Crippen LogP contribution < -0.4 is 4.90 Å². The van der Waals surface area contributed by atoms with Crippen LogP contribution in [0.4, 0.5) is 5.69 Å². The zero-order chi connectivity index (χ0) is 17.5. The van der Waals surface area contributed by atoms with Gasteiger partial charge in [0.05, 0.1) is 19.2 Å². The monoisotopic (exact) mass is 329 g/mol. The highest BCUT2D eigenvalue weighted by Crippen LogP contribution is 2.40. The summed E-state index contributed by atoms with van der Waals surface area (Å²) in [4.78, 5) is 50.2. The molecule has 3 amide bonds. The molecule has 2 aliphatic rings. The number of hydrogen-bond donors (Lipinski definition) is 0. The molecule has 0 aliphatic carbocycles. The van der Waals surface area contributed by atoms with Crippen LogP contribution in [0.25, 0.3) is 0 Å². The van der Waals surface area contributed by atoms with Crippen molar-refractivity contribution in [1.29, 1.82) is 0 Å². The summed E-state index contributed by atoms with van der Waals surface area (Å²) in [6.07, 6.45) is -0.378. The maximum Gasteiger partial charge on any atom is 0.354 e. The number of carbonyl (C=O) groups is 4. The van der Waals surface area contributed by atoms with Gasteiger partial charge < -0.3 is 4.74 Å². The number of benzene rings is 1. The summed E-state index contributed by atoms with van der Waals surface area (Å²) in [5.74, 6) is -2.27. The van der Waals surface area contributed by atoms with Gasteiger partial charge in [0, 0.05) is 13.3 Å². The number of para-hydroxylation sites is 1. The average molecular weight is 329 g/mol. The number of carbonyl (C=O) groups excluding carboxylic acids is 4. The number of methoxy groups -OCH3 is 1. The third-order valence-electron chi connectivity index (χ3n) is 4.11. The number of esters is 1. The quantitative estimate of drug-likeness (QED) is 0.580. The van der Waals surface area contributed by atoms with E-state index in [1.54, 1.807) is 30.3 Å². The summed E-state index contributed by atoms with van der Waals surface area (Å²) >= 11 is 0. The summed E-state index contributed by atoms with van der Waals surface area (Å²) in [6, 6.07) is 8.43. The van der Waals surface area contributed by atoms with Crippen molar-refractivity contribution in [3.05, 3.63) is 30.3 Å². The molecule has 1 aromatic rings. The van der Waals surface area contributed by atoms with Crippen LogP contribution in [0, 0.1) is 0 Å². The van der Waals surface area contributed by atoms with Crippen LogP contribution in [0.1, 0.15) is 19.8 Å². The molecule has 1 fully saturated rings. The summed E-state index contributed by atoms with van der Waals surface area (Å²) in [5, 5.41) is 4.87.